The van der Waals surface area contributed by atoms with E-state index in [9.17, 15) is 0 Å². The summed E-state index contributed by atoms with van der Waals surface area (Å²) in [6, 6.07) is 14.0. The first-order valence-electron chi connectivity index (χ1n) is 9.80. The van der Waals surface area contributed by atoms with Gasteiger partial charge in [0.05, 0.1) is 12.2 Å². The van der Waals surface area contributed by atoms with Crippen LogP contribution in [0.15, 0.2) is 54.9 Å². The molecule has 0 radical (unpaired) electrons. The van der Waals surface area contributed by atoms with Crippen LogP contribution >= 0.6 is 24.0 Å². The SMILES string of the molecule is COC1CCOC(c2ccccc2OCc2ccc(-n3ccnc3C)cc2Cl)C1.Cl. The smallest absolute Gasteiger partial charge is 0.125 e. The Morgan fingerprint density at radius 2 is 2.07 bits per heavy atom. The van der Waals surface area contributed by atoms with Crippen LogP contribution < -0.4 is 4.74 Å². The quantitative estimate of drug-likeness (QED) is 0.484. The minimum Gasteiger partial charge on any atom is -0.488 e. The van der Waals surface area contributed by atoms with E-state index in [-0.39, 0.29) is 24.6 Å². The zero-order valence-electron chi connectivity index (χ0n) is 17.1. The van der Waals surface area contributed by atoms with E-state index in [2.05, 4.69) is 11.1 Å². The molecule has 1 aliphatic rings. The van der Waals surface area contributed by atoms with E-state index < -0.39 is 0 Å². The van der Waals surface area contributed by atoms with Crippen molar-refractivity contribution in [3.8, 4) is 11.4 Å². The highest BCUT2D eigenvalue weighted by atomic mass is 35.5. The van der Waals surface area contributed by atoms with E-state index >= 15 is 0 Å². The van der Waals surface area contributed by atoms with Crippen LogP contribution in [0.2, 0.25) is 5.02 Å². The van der Waals surface area contributed by atoms with Gasteiger partial charge in [0.2, 0.25) is 0 Å². The Morgan fingerprint density at radius 3 is 2.80 bits per heavy atom. The number of benzene rings is 2. The van der Waals surface area contributed by atoms with Gasteiger partial charge in [0, 0.05) is 54.4 Å². The molecule has 4 rings (SSSR count). The average molecular weight is 449 g/mol. The van der Waals surface area contributed by atoms with Crippen LogP contribution in [0.3, 0.4) is 0 Å². The van der Waals surface area contributed by atoms with Crippen molar-refractivity contribution < 1.29 is 14.2 Å². The topological polar surface area (TPSA) is 45.5 Å². The van der Waals surface area contributed by atoms with Crippen molar-refractivity contribution in [1.82, 2.24) is 9.55 Å². The van der Waals surface area contributed by atoms with Gasteiger partial charge in [-0.2, -0.15) is 0 Å². The number of para-hydroxylation sites is 1. The Balaban J connectivity index is 0.00000256. The van der Waals surface area contributed by atoms with Crippen molar-refractivity contribution in [2.45, 2.75) is 38.6 Å². The van der Waals surface area contributed by atoms with E-state index in [0.717, 1.165) is 41.2 Å². The van der Waals surface area contributed by atoms with Crippen molar-refractivity contribution in [2.24, 2.45) is 0 Å². The summed E-state index contributed by atoms with van der Waals surface area (Å²) in [6.07, 6.45) is 5.65. The minimum atomic E-state index is -0.0213. The highest BCUT2D eigenvalue weighted by Crippen LogP contribution is 2.35. The fourth-order valence-electron chi connectivity index (χ4n) is 3.68. The third-order valence-electron chi connectivity index (χ3n) is 5.36. The number of imidazole rings is 1. The first kappa shape index (κ1) is 22.6. The normalized spacial score (nSPS) is 18.6. The lowest BCUT2D eigenvalue weighted by Gasteiger charge is -2.30. The van der Waals surface area contributed by atoms with E-state index in [1.165, 1.54) is 0 Å². The van der Waals surface area contributed by atoms with Gasteiger partial charge in [-0.15, -0.1) is 12.4 Å². The highest BCUT2D eigenvalue weighted by Gasteiger charge is 2.26. The molecule has 1 aliphatic heterocycles. The molecule has 5 nitrogen and oxygen atoms in total. The van der Waals surface area contributed by atoms with Crippen molar-refractivity contribution in [2.75, 3.05) is 13.7 Å². The second-order valence-corrected chi connectivity index (χ2v) is 7.60. The first-order valence-corrected chi connectivity index (χ1v) is 10.2. The molecule has 0 bridgehead atoms. The third kappa shape index (κ3) is 4.98. The number of aryl methyl sites for hydroxylation is 1. The molecular formula is C23H26Cl2N2O3. The van der Waals surface area contributed by atoms with Gasteiger partial charge in [0.1, 0.15) is 18.2 Å². The van der Waals surface area contributed by atoms with Crippen LogP contribution in [0.25, 0.3) is 5.69 Å². The van der Waals surface area contributed by atoms with Crippen LogP contribution in [0.4, 0.5) is 0 Å². The van der Waals surface area contributed by atoms with Gasteiger partial charge in [0.25, 0.3) is 0 Å². The number of hydrogen-bond acceptors (Lipinski definition) is 4. The molecule has 0 aliphatic carbocycles. The fraction of sp³-hybridized carbons (Fsp3) is 0.348. The number of hydrogen-bond donors (Lipinski definition) is 0. The van der Waals surface area contributed by atoms with Gasteiger partial charge in [-0.1, -0.05) is 35.9 Å². The molecule has 160 valence electrons. The van der Waals surface area contributed by atoms with Gasteiger partial charge in [-0.25, -0.2) is 4.98 Å². The molecule has 3 aromatic rings. The Bertz CT molecular complexity index is 977. The first-order chi connectivity index (χ1) is 14.2. The number of ether oxygens (including phenoxy) is 3. The predicted molar refractivity (Wildman–Crippen MR) is 120 cm³/mol. The molecule has 1 aromatic heterocycles. The summed E-state index contributed by atoms with van der Waals surface area (Å²) < 4.78 is 19.7. The third-order valence-corrected chi connectivity index (χ3v) is 5.71. The van der Waals surface area contributed by atoms with E-state index in [0.29, 0.717) is 18.2 Å². The van der Waals surface area contributed by atoms with Crippen molar-refractivity contribution in [3.05, 3.63) is 76.8 Å². The van der Waals surface area contributed by atoms with Gasteiger partial charge in [-0.05, 0) is 31.5 Å². The van der Waals surface area contributed by atoms with Crippen LogP contribution in [0.5, 0.6) is 5.75 Å². The highest BCUT2D eigenvalue weighted by molar-refractivity contribution is 6.31. The van der Waals surface area contributed by atoms with Crippen molar-refractivity contribution in [1.29, 1.82) is 0 Å². The summed E-state index contributed by atoms with van der Waals surface area (Å²) in [7, 11) is 1.76. The molecule has 0 amide bonds. The van der Waals surface area contributed by atoms with Gasteiger partial charge < -0.3 is 18.8 Å². The van der Waals surface area contributed by atoms with Crippen LogP contribution in [0, 0.1) is 6.92 Å². The maximum atomic E-state index is 6.54. The number of halogens is 2. The standard InChI is InChI=1S/C23H25ClN2O3.ClH/c1-16-25-10-11-26(16)18-8-7-17(21(24)13-18)15-29-22-6-4-3-5-20(22)23-14-19(27-2)9-12-28-23;/h3-8,10-11,13,19,23H,9,12,14-15H2,1-2H3;1H. The molecule has 2 unspecified atom stereocenters. The van der Waals surface area contributed by atoms with Crippen LogP contribution in [0.1, 0.15) is 35.9 Å². The van der Waals surface area contributed by atoms with Gasteiger partial charge in [-0.3, -0.25) is 0 Å². The molecule has 7 heteroatoms. The second kappa shape index (κ2) is 10.3. The van der Waals surface area contributed by atoms with E-state index in [1.54, 1.807) is 13.3 Å². The zero-order valence-corrected chi connectivity index (χ0v) is 18.7. The summed E-state index contributed by atoms with van der Waals surface area (Å²) in [5.74, 6) is 1.74. The van der Waals surface area contributed by atoms with Crippen molar-refractivity contribution >= 4 is 24.0 Å². The molecule has 1 saturated heterocycles. The number of methoxy groups -OCH3 is 1. The summed E-state index contributed by atoms with van der Waals surface area (Å²) in [6.45, 7) is 3.04. The molecule has 0 saturated carbocycles. The maximum Gasteiger partial charge on any atom is 0.125 e. The second-order valence-electron chi connectivity index (χ2n) is 7.19. The molecule has 30 heavy (non-hydrogen) atoms. The number of aromatic nitrogens is 2. The summed E-state index contributed by atoms with van der Waals surface area (Å²) in [5.41, 5.74) is 2.97. The Morgan fingerprint density at radius 1 is 1.23 bits per heavy atom. The summed E-state index contributed by atoms with van der Waals surface area (Å²) in [4.78, 5) is 4.26. The summed E-state index contributed by atoms with van der Waals surface area (Å²) >= 11 is 6.54. The Labute approximate surface area is 188 Å². The van der Waals surface area contributed by atoms with Gasteiger partial charge in [0.15, 0.2) is 0 Å². The molecule has 2 atom stereocenters. The molecular weight excluding hydrogens is 423 g/mol. The molecule has 2 aromatic carbocycles. The lowest BCUT2D eigenvalue weighted by molar-refractivity contribution is -0.0607. The number of nitrogens with zero attached hydrogens (tertiary/aromatic N) is 2. The zero-order chi connectivity index (χ0) is 20.2. The fourth-order valence-corrected chi connectivity index (χ4v) is 3.91. The van der Waals surface area contributed by atoms with Crippen molar-refractivity contribution in [3.63, 3.8) is 0 Å². The van der Waals surface area contributed by atoms with Crippen LogP contribution in [-0.2, 0) is 16.1 Å². The molecule has 1 fully saturated rings. The monoisotopic (exact) mass is 448 g/mol. The predicted octanol–water partition coefficient (Wildman–Crippen LogP) is 5.70. The van der Waals surface area contributed by atoms with Crippen LogP contribution in [-0.4, -0.2) is 29.4 Å². The molecule has 2 heterocycles. The number of rotatable bonds is 6. The van der Waals surface area contributed by atoms with E-state index in [4.69, 9.17) is 25.8 Å². The van der Waals surface area contributed by atoms with Gasteiger partial charge >= 0.3 is 0 Å². The molecule has 0 spiro atoms. The Kier molecular flexibility index (Phi) is 7.78. The van der Waals surface area contributed by atoms with E-state index in [1.807, 2.05) is 54.1 Å². The maximum absolute atomic E-state index is 6.54. The lowest BCUT2D eigenvalue weighted by Crippen LogP contribution is -2.25. The summed E-state index contributed by atoms with van der Waals surface area (Å²) in [5, 5.41) is 0.668. The average Bonchev–Trinajstić information content (AvgIpc) is 3.19. The minimum absolute atomic E-state index is 0. The Hall–Kier alpha value is -2.05. The lowest BCUT2D eigenvalue weighted by atomic mass is 9.98. The molecule has 0 N–H and O–H groups in total. The largest absolute Gasteiger partial charge is 0.488 e.